The Morgan fingerprint density at radius 1 is 1.32 bits per heavy atom. The SMILES string of the molecule is N=c1c2nnn(Cc3ccc(Cl)nc3)c2ncn1N. The number of nitrogen functional groups attached to an aromatic ring is 1. The molecule has 9 heteroatoms. The number of nitrogens with two attached hydrogens (primary N) is 1. The van der Waals surface area contributed by atoms with Crippen LogP contribution in [0.5, 0.6) is 0 Å². The third-order valence-corrected chi connectivity index (χ3v) is 2.84. The van der Waals surface area contributed by atoms with E-state index < -0.39 is 0 Å². The summed E-state index contributed by atoms with van der Waals surface area (Å²) in [4.78, 5) is 8.12. The second-order valence-electron chi connectivity index (χ2n) is 3.91. The lowest BCUT2D eigenvalue weighted by Crippen LogP contribution is -2.27. The molecule has 0 fully saturated rings. The van der Waals surface area contributed by atoms with Crippen LogP contribution in [0, 0.1) is 5.41 Å². The highest BCUT2D eigenvalue weighted by Crippen LogP contribution is 2.09. The molecule has 3 N–H and O–H groups in total. The van der Waals surface area contributed by atoms with Crippen molar-refractivity contribution in [3.63, 3.8) is 0 Å². The van der Waals surface area contributed by atoms with Crippen LogP contribution in [-0.2, 0) is 6.54 Å². The van der Waals surface area contributed by atoms with Crippen LogP contribution in [0.2, 0.25) is 5.15 Å². The fraction of sp³-hybridized carbons (Fsp3) is 0.100. The van der Waals surface area contributed by atoms with Crippen molar-refractivity contribution in [1.29, 1.82) is 5.41 Å². The summed E-state index contributed by atoms with van der Waals surface area (Å²) < 4.78 is 2.67. The van der Waals surface area contributed by atoms with Gasteiger partial charge in [0.25, 0.3) is 0 Å². The van der Waals surface area contributed by atoms with E-state index in [-0.39, 0.29) is 5.49 Å². The molecule has 3 heterocycles. The first kappa shape index (κ1) is 11.6. The first-order valence-corrected chi connectivity index (χ1v) is 5.74. The van der Waals surface area contributed by atoms with Crippen molar-refractivity contribution in [1.82, 2.24) is 29.6 Å². The highest BCUT2D eigenvalue weighted by molar-refractivity contribution is 6.29. The number of nitrogens with one attached hydrogen (secondary N) is 1. The van der Waals surface area contributed by atoms with Gasteiger partial charge in [0.05, 0.1) is 6.54 Å². The summed E-state index contributed by atoms with van der Waals surface area (Å²) in [5.41, 5.74) is 1.83. The van der Waals surface area contributed by atoms with Crippen LogP contribution in [0.15, 0.2) is 24.7 Å². The topological polar surface area (TPSA) is 111 Å². The van der Waals surface area contributed by atoms with Gasteiger partial charge in [-0.1, -0.05) is 22.9 Å². The van der Waals surface area contributed by atoms with Crippen molar-refractivity contribution in [2.24, 2.45) is 0 Å². The van der Waals surface area contributed by atoms with Gasteiger partial charge in [0.15, 0.2) is 16.7 Å². The predicted molar refractivity (Wildman–Crippen MR) is 67.7 cm³/mol. The number of aromatic nitrogens is 6. The van der Waals surface area contributed by atoms with Crippen LogP contribution < -0.4 is 11.3 Å². The molecule has 0 unspecified atom stereocenters. The number of pyridine rings is 1. The zero-order valence-corrected chi connectivity index (χ0v) is 10.4. The van der Waals surface area contributed by atoms with Crippen LogP contribution in [0.3, 0.4) is 0 Å². The molecular formula is C10H9ClN8. The van der Waals surface area contributed by atoms with Crippen molar-refractivity contribution in [2.75, 3.05) is 5.84 Å². The molecule has 0 aliphatic heterocycles. The van der Waals surface area contributed by atoms with E-state index in [1.807, 2.05) is 6.07 Å². The highest BCUT2D eigenvalue weighted by Gasteiger charge is 2.09. The number of hydrogen-bond donors (Lipinski definition) is 2. The molecule has 0 spiro atoms. The van der Waals surface area contributed by atoms with Gasteiger partial charge in [-0.2, -0.15) is 0 Å². The van der Waals surface area contributed by atoms with Gasteiger partial charge in [-0.25, -0.2) is 19.3 Å². The van der Waals surface area contributed by atoms with Crippen molar-refractivity contribution in [3.05, 3.63) is 40.9 Å². The Morgan fingerprint density at radius 3 is 2.89 bits per heavy atom. The van der Waals surface area contributed by atoms with E-state index in [2.05, 4.69) is 20.3 Å². The monoisotopic (exact) mass is 276 g/mol. The summed E-state index contributed by atoms with van der Waals surface area (Å²) in [7, 11) is 0. The standard InChI is InChI=1S/C10H9ClN8/c11-7-2-1-6(3-14-7)4-19-10-8(16-17-19)9(12)18(13)5-15-10/h1-3,5,12H,4,13H2. The van der Waals surface area contributed by atoms with Gasteiger partial charge in [0.2, 0.25) is 0 Å². The summed E-state index contributed by atoms with van der Waals surface area (Å²) in [6.07, 6.45) is 3.01. The van der Waals surface area contributed by atoms with Crippen molar-refractivity contribution in [3.8, 4) is 0 Å². The second kappa shape index (κ2) is 4.32. The molecule has 0 saturated heterocycles. The normalized spacial score (nSPS) is 11.0. The van der Waals surface area contributed by atoms with Crippen molar-refractivity contribution < 1.29 is 0 Å². The molecule has 0 bridgehead atoms. The maximum absolute atomic E-state index is 7.76. The minimum atomic E-state index is 0.0606. The van der Waals surface area contributed by atoms with Crippen LogP contribution in [0.4, 0.5) is 0 Å². The number of rotatable bonds is 2. The molecule has 3 aromatic heterocycles. The lowest BCUT2D eigenvalue weighted by Gasteiger charge is -2.02. The Labute approximate surface area is 111 Å². The highest BCUT2D eigenvalue weighted by atomic mass is 35.5. The van der Waals surface area contributed by atoms with Gasteiger partial charge in [-0.3, -0.25) is 5.41 Å². The van der Waals surface area contributed by atoms with Crippen LogP contribution in [-0.4, -0.2) is 29.6 Å². The summed E-state index contributed by atoms with van der Waals surface area (Å²) in [6, 6.07) is 3.55. The number of fused-ring (bicyclic) bond motifs is 1. The zero-order chi connectivity index (χ0) is 13.4. The van der Waals surface area contributed by atoms with Crippen molar-refractivity contribution in [2.45, 2.75) is 6.54 Å². The maximum atomic E-state index is 7.76. The fourth-order valence-corrected chi connectivity index (χ4v) is 1.78. The maximum Gasteiger partial charge on any atom is 0.184 e. The Bertz CT molecular complexity index is 787. The molecule has 19 heavy (non-hydrogen) atoms. The first-order valence-electron chi connectivity index (χ1n) is 5.36. The lowest BCUT2D eigenvalue weighted by molar-refractivity contribution is 0.662. The zero-order valence-electron chi connectivity index (χ0n) is 9.66. The number of halogens is 1. The average molecular weight is 277 g/mol. The van der Waals surface area contributed by atoms with Crippen LogP contribution in [0.25, 0.3) is 11.2 Å². The summed E-state index contributed by atoms with van der Waals surface area (Å²) in [5, 5.41) is 16.1. The van der Waals surface area contributed by atoms with Gasteiger partial charge < -0.3 is 5.84 Å². The molecule has 96 valence electrons. The van der Waals surface area contributed by atoms with E-state index in [4.69, 9.17) is 22.9 Å². The molecule has 0 radical (unpaired) electrons. The fourth-order valence-electron chi connectivity index (χ4n) is 1.67. The van der Waals surface area contributed by atoms with E-state index >= 15 is 0 Å². The van der Waals surface area contributed by atoms with E-state index in [1.165, 1.54) is 6.33 Å². The summed E-state index contributed by atoms with van der Waals surface area (Å²) in [5.74, 6) is 5.53. The third kappa shape index (κ3) is 2.02. The summed E-state index contributed by atoms with van der Waals surface area (Å²) in [6.45, 7) is 0.446. The molecule has 0 atom stereocenters. The smallest absolute Gasteiger partial charge is 0.184 e. The molecule has 0 aliphatic rings. The predicted octanol–water partition coefficient (Wildman–Crippen LogP) is -0.0822. The molecule has 0 amide bonds. The second-order valence-corrected chi connectivity index (χ2v) is 4.30. The third-order valence-electron chi connectivity index (χ3n) is 2.62. The molecule has 0 saturated carbocycles. The minimum absolute atomic E-state index is 0.0606. The first-order chi connectivity index (χ1) is 9.15. The minimum Gasteiger partial charge on any atom is -0.336 e. The largest absolute Gasteiger partial charge is 0.336 e. The lowest BCUT2D eigenvalue weighted by atomic mass is 10.3. The molecular weight excluding hydrogens is 268 g/mol. The Balaban J connectivity index is 2.04. The molecule has 3 rings (SSSR count). The van der Waals surface area contributed by atoms with Gasteiger partial charge in [-0.05, 0) is 11.6 Å². The van der Waals surface area contributed by atoms with E-state index in [0.29, 0.717) is 22.9 Å². The molecule has 8 nitrogen and oxygen atoms in total. The molecule has 0 aliphatic carbocycles. The Morgan fingerprint density at radius 2 is 2.16 bits per heavy atom. The number of nitrogens with zero attached hydrogens (tertiary/aromatic N) is 6. The molecule has 0 aromatic carbocycles. The quantitative estimate of drug-likeness (QED) is 0.502. The van der Waals surface area contributed by atoms with Gasteiger partial charge in [0.1, 0.15) is 11.5 Å². The van der Waals surface area contributed by atoms with Crippen LogP contribution >= 0.6 is 11.6 Å². The van der Waals surface area contributed by atoms with E-state index in [9.17, 15) is 0 Å². The van der Waals surface area contributed by atoms with Gasteiger partial charge >= 0.3 is 0 Å². The average Bonchev–Trinajstić information content (AvgIpc) is 2.80. The van der Waals surface area contributed by atoms with Crippen molar-refractivity contribution >= 4 is 22.8 Å². The summed E-state index contributed by atoms with van der Waals surface area (Å²) >= 11 is 5.73. The van der Waals surface area contributed by atoms with E-state index in [0.717, 1.165) is 10.2 Å². The number of hydrogen-bond acceptors (Lipinski definition) is 6. The Hall–Kier alpha value is -2.48. The van der Waals surface area contributed by atoms with E-state index in [1.54, 1.807) is 16.9 Å². The van der Waals surface area contributed by atoms with Crippen LogP contribution in [0.1, 0.15) is 5.56 Å². The Kier molecular flexibility index (Phi) is 2.64. The molecule has 3 aromatic rings. The van der Waals surface area contributed by atoms with Gasteiger partial charge in [-0.15, -0.1) is 5.10 Å². The van der Waals surface area contributed by atoms with Gasteiger partial charge in [0, 0.05) is 6.20 Å².